The molecular formula is C22H19ClN4O3S. The average Bonchev–Trinajstić information content (AvgIpc) is 3.28. The van der Waals surface area contributed by atoms with Gasteiger partial charge >= 0.3 is 6.03 Å². The summed E-state index contributed by atoms with van der Waals surface area (Å²) in [5.41, 5.74) is 2.80. The third-order valence-electron chi connectivity index (χ3n) is 5.11. The van der Waals surface area contributed by atoms with Gasteiger partial charge in [-0.2, -0.15) is 0 Å². The average molecular weight is 455 g/mol. The molecule has 2 amide bonds. The first kappa shape index (κ1) is 21.0. The summed E-state index contributed by atoms with van der Waals surface area (Å²) < 4.78 is 0. The van der Waals surface area contributed by atoms with Gasteiger partial charge in [-0.1, -0.05) is 18.2 Å². The monoisotopic (exact) mass is 454 g/mol. The fraction of sp³-hybridized carbons (Fsp3) is 0.182. The summed E-state index contributed by atoms with van der Waals surface area (Å²) in [7, 11) is 0. The molecule has 0 spiro atoms. The van der Waals surface area contributed by atoms with Gasteiger partial charge in [-0.15, -0.1) is 22.9 Å². The van der Waals surface area contributed by atoms with E-state index >= 15 is 0 Å². The van der Waals surface area contributed by atoms with E-state index in [0.717, 1.165) is 15.8 Å². The number of rotatable bonds is 5. The van der Waals surface area contributed by atoms with Crippen LogP contribution in [0.4, 0.5) is 4.79 Å². The minimum Gasteiger partial charge on any atom is -0.328 e. The first-order chi connectivity index (χ1) is 14.9. The van der Waals surface area contributed by atoms with Crippen LogP contribution in [-0.4, -0.2) is 32.1 Å². The zero-order chi connectivity index (χ0) is 22.0. The van der Waals surface area contributed by atoms with Crippen molar-refractivity contribution in [2.24, 2.45) is 0 Å². The van der Waals surface area contributed by atoms with Crippen LogP contribution >= 0.6 is 22.9 Å². The normalized spacial score (nSPS) is 16.8. The molecule has 2 N–H and O–H groups in total. The van der Waals surface area contributed by atoms with Gasteiger partial charge in [-0.05, 0) is 42.2 Å². The number of hydrogen-bond acceptors (Lipinski definition) is 5. The van der Waals surface area contributed by atoms with Crippen molar-refractivity contribution in [3.8, 4) is 0 Å². The number of allylic oxidation sites excluding steroid dienone is 3. The Morgan fingerprint density at radius 3 is 2.77 bits per heavy atom. The van der Waals surface area contributed by atoms with Crippen LogP contribution in [0.25, 0.3) is 10.8 Å². The molecule has 158 valence electrons. The standard InChI is InChI=1S/C22H19ClN4O3S/c1-13(18-10-25-21(29)17-5-3-2-4-16(17)18)27(11-15-9-24-12-31-15)22(30)26-14-6-7-20(28)19(23)8-14/h2-10,12-13,19H,11H2,1H3,(H,25,29)(H,26,30). The Labute approximate surface area is 187 Å². The Bertz CT molecular complexity index is 1250. The summed E-state index contributed by atoms with van der Waals surface area (Å²) in [6, 6.07) is 6.57. The molecule has 7 nitrogen and oxygen atoms in total. The number of aromatic amines is 1. The Morgan fingerprint density at radius 2 is 2.06 bits per heavy atom. The van der Waals surface area contributed by atoms with Crippen LogP contribution in [-0.2, 0) is 11.3 Å². The lowest BCUT2D eigenvalue weighted by Gasteiger charge is -2.30. The number of pyridine rings is 1. The zero-order valence-electron chi connectivity index (χ0n) is 16.5. The number of amides is 2. The number of thiazole rings is 1. The van der Waals surface area contributed by atoms with Gasteiger partial charge in [0.15, 0.2) is 5.78 Å². The zero-order valence-corrected chi connectivity index (χ0v) is 18.1. The Hall–Kier alpha value is -3.23. The molecule has 0 fully saturated rings. The molecule has 9 heteroatoms. The van der Waals surface area contributed by atoms with Crippen LogP contribution in [0.3, 0.4) is 0 Å². The van der Waals surface area contributed by atoms with E-state index in [0.29, 0.717) is 17.6 Å². The molecule has 1 aliphatic carbocycles. The van der Waals surface area contributed by atoms with E-state index in [1.54, 1.807) is 34.9 Å². The molecule has 3 aromatic rings. The number of hydrogen-bond donors (Lipinski definition) is 2. The predicted octanol–water partition coefficient (Wildman–Crippen LogP) is 3.89. The van der Waals surface area contributed by atoms with Gasteiger partial charge in [0.25, 0.3) is 5.56 Å². The fourth-order valence-corrected chi connectivity index (χ4v) is 4.26. The van der Waals surface area contributed by atoms with Crippen molar-refractivity contribution in [3.63, 3.8) is 0 Å². The first-order valence-corrected chi connectivity index (χ1v) is 10.9. The van der Waals surface area contributed by atoms with Gasteiger partial charge in [0.05, 0.1) is 18.1 Å². The number of aromatic nitrogens is 2. The van der Waals surface area contributed by atoms with Crippen molar-refractivity contribution >= 4 is 45.5 Å². The maximum Gasteiger partial charge on any atom is 0.322 e. The predicted molar refractivity (Wildman–Crippen MR) is 121 cm³/mol. The maximum atomic E-state index is 13.3. The van der Waals surface area contributed by atoms with E-state index in [-0.39, 0.29) is 23.4 Å². The van der Waals surface area contributed by atoms with Crippen LogP contribution in [0.1, 0.15) is 23.4 Å². The molecule has 0 saturated heterocycles. The summed E-state index contributed by atoms with van der Waals surface area (Å²) in [4.78, 5) is 46.5. The van der Waals surface area contributed by atoms with Gasteiger partial charge in [0.2, 0.25) is 0 Å². The first-order valence-electron chi connectivity index (χ1n) is 9.57. The van der Waals surface area contributed by atoms with Gasteiger partial charge < -0.3 is 15.2 Å². The molecule has 0 aliphatic heterocycles. The fourth-order valence-electron chi connectivity index (χ4n) is 3.46. The number of H-pyrrole nitrogens is 1. The molecule has 2 heterocycles. The number of benzene rings is 1. The molecule has 0 radical (unpaired) electrons. The Kier molecular flexibility index (Phi) is 6.01. The van der Waals surface area contributed by atoms with E-state index in [2.05, 4.69) is 15.3 Å². The summed E-state index contributed by atoms with van der Waals surface area (Å²) in [6.45, 7) is 2.23. The number of carbonyl (C=O) groups excluding carboxylic acids is 2. The van der Waals surface area contributed by atoms with Gasteiger partial charge in [0, 0.05) is 28.4 Å². The molecule has 2 atom stereocenters. The third kappa shape index (κ3) is 4.45. The third-order valence-corrected chi connectivity index (χ3v) is 6.21. The van der Waals surface area contributed by atoms with Crippen LogP contribution in [0, 0.1) is 0 Å². The number of halogens is 1. The molecule has 31 heavy (non-hydrogen) atoms. The van der Waals surface area contributed by atoms with Crippen LogP contribution < -0.4 is 10.9 Å². The molecular weight excluding hydrogens is 436 g/mol. The largest absolute Gasteiger partial charge is 0.328 e. The molecule has 2 aromatic heterocycles. The smallest absolute Gasteiger partial charge is 0.322 e. The molecule has 1 aromatic carbocycles. The van der Waals surface area contributed by atoms with E-state index in [4.69, 9.17) is 11.6 Å². The van der Waals surface area contributed by atoms with E-state index < -0.39 is 5.38 Å². The second-order valence-corrected chi connectivity index (χ2v) is 8.52. The highest BCUT2D eigenvalue weighted by atomic mass is 35.5. The molecule has 0 saturated carbocycles. The summed E-state index contributed by atoms with van der Waals surface area (Å²) in [5.74, 6) is -0.228. The number of carbonyl (C=O) groups is 2. The van der Waals surface area contributed by atoms with Crippen molar-refractivity contribution in [2.45, 2.75) is 24.9 Å². The van der Waals surface area contributed by atoms with E-state index in [1.165, 1.54) is 29.6 Å². The highest BCUT2D eigenvalue weighted by Crippen LogP contribution is 2.28. The quantitative estimate of drug-likeness (QED) is 0.572. The number of urea groups is 1. The highest BCUT2D eigenvalue weighted by molar-refractivity contribution is 7.09. The second-order valence-electron chi connectivity index (χ2n) is 7.08. The SMILES string of the molecule is CC(c1c[nH]c(=O)c2ccccc12)N(Cc1cncs1)C(=O)NC1=CC(Cl)C(=O)C=C1. The summed E-state index contributed by atoms with van der Waals surface area (Å²) in [6.07, 6.45) is 7.75. The highest BCUT2D eigenvalue weighted by Gasteiger charge is 2.26. The van der Waals surface area contributed by atoms with Crippen molar-refractivity contribution in [2.75, 3.05) is 0 Å². The Balaban J connectivity index is 1.68. The number of ketones is 1. The molecule has 0 bridgehead atoms. The van der Waals surface area contributed by atoms with Crippen LogP contribution in [0.15, 0.2) is 70.9 Å². The van der Waals surface area contributed by atoms with Crippen LogP contribution in [0.2, 0.25) is 0 Å². The van der Waals surface area contributed by atoms with Crippen molar-refractivity contribution in [3.05, 3.63) is 86.9 Å². The van der Waals surface area contributed by atoms with E-state index in [1.807, 2.05) is 19.1 Å². The maximum absolute atomic E-state index is 13.3. The van der Waals surface area contributed by atoms with Gasteiger partial charge in [-0.3, -0.25) is 14.6 Å². The Morgan fingerprint density at radius 1 is 1.29 bits per heavy atom. The minimum atomic E-state index is -0.809. The summed E-state index contributed by atoms with van der Waals surface area (Å²) >= 11 is 7.45. The number of nitrogens with zero attached hydrogens (tertiary/aromatic N) is 2. The number of fused-ring (bicyclic) bond motifs is 1. The van der Waals surface area contributed by atoms with Crippen LogP contribution in [0.5, 0.6) is 0 Å². The second kappa shape index (κ2) is 8.87. The molecule has 1 aliphatic rings. The van der Waals surface area contributed by atoms with Crippen molar-refractivity contribution in [1.82, 2.24) is 20.2 Å². The van der Waals surface area contributed by atoms with Crippen molar-refractivity contribution in [1.29, 1.82) is 0 Å². The molecule has 4 rings (SSSR count). The lowest BCUT2D eigenvalue weighted by Crippen LogP contribution is -2.41. The topological polar surface area (TPSA) is 95.2 Å². The van der Waals surface area contributed by atoms with E-state index in [9.17, 15) is 14.4 Å². The summed E-state index contributed by atoms with van der Waals surface area (Å²) in [5, 5.41) is 3.36. The minimum absolute atomic E-state index is 0.180. The lowest BCUT2D eigenvalue weighted by molar-refractivity contribution is -0.113. The lowest BCUT2D eigenvalue weighted by atomic mass is 10.0. The molecule has 2 unspecified atom stereocenters. The van der Waals surface area contributed by atoms with Gasteiger partial charge in [0.1, 0.15) is 5.38 Å². The van der Waals surface area contributed by atoms with Crippen molar-refractivity contribution < 1.29 is 9.59 Å². The number of alkyl halides is 1. The van der Waals surface area contributed by atoms with Gasteiger partial charge in [-0.25, -0.2) is 4.79 Å². The number of nitrogens with one attached hydrogen (secondary N) is 2.